The highest BCUT2D eigenvalue weighted by molar-refractivity contribution is 5.88. The number of aromatic nitrogens is 5. The van der Waals surface area contributed by atoms with E-state index >= 15 is 0 Å². The van der Waals surface area contributed by atoms with Gasteiger partial charge in [0.25, 0.3) is 0 Å². The number of fused-ring (bicyclic) bond motifs is 1. The van der Waals surface area contributed by atoms with E-state index in [1.807, 2.05) is 95.7 Å². The Hall–Kier alpha value is -3.73. The van der Waals surface area contributed by atoms with Gasteiger partial charge in [0.1, 0.15) is 5.69 Å². The maximum absolute atomic E-state index is 4.80. The molecule has 0 amide bonds. The molecule has 5 heteroatoms. The lowest BCUT2D eigenvalue weighted by Crippen LogP contribution is -2.02. The molecular weight excluding hydrogens is 322 g/mol. The van der Waals surface area contributed by atoms with Gasteiger partial charge in [0, 0.05) is 5.56 Å². The first kappa shape index (κ1) is 14.6. The molecule has 0 N–H and O–H groups in total. The van der Waals surface area contributed by atoms with Crippen LogP contribution in [0, 0.1) is 0 Å². The number of hydrogen-bond acceptors (Lipinski definition) is 3. The van der Waals surface area contributed by atoms with Crippen LogP contribution in [-0.4, -0.2) is 24.8 Å². The van der Waals surface area contributed by atoms with Crippen LogP contribution >= 0.6 is 0 Å². The van der Waals surface area contributed by atoms with E-state index in [1.165, 1.54) is 0 Å². The largest absolute Gasteiger partial charge is 0.211 e. The summed E-state index contributed by atoms with van der Waals surface area (Å²) in [5.41, 5.74) is 5.24. The molecule has 0 fully saturated rings. The summed E-state index contributed by atoms with van der Waals surface area (Å²) in [6.07, 6.45) is 0. The minimum Gasteiger partial charge on any atom is -0.211 e. The van der Waals surface area contributed by atoms with Gasteiger partial charge in [-0.3, -0.25) is 0 Å². The summed E-state index contributed by atoms with van der Waals surface area (Å²) in [6, 6.07) is 30.0. The van der Waals surface area contributed by atoms with E-state index in [0.29, 0.717) is 0 Å². The normalized spacial score (nSPS) is 11.1. The summed E-state index contributed by atoms with van der Waals surface area (Å²) in [5, 5.41) is 14.2. The molecule has 0 aliphatic carbocycles. The summed E-state index contributed by atoms with van der Waals surface area (Å²) in [7, 11) is 0. The number of hydrogen-bond donors (Lipinski definition) is 0. The molecule has 0 saturated heterocycles. The second kappa shape index (κ2) is 5.97. The SMILES string of the molecule is c1ccc(-c2nn(-c3ccccc3)c3nn(-c4ccccc4)nc23)cc1. The van der Waals surface area contributed by atoms with Crippen molar-refractivity contribution in [1.82, 2.24) is 24.8 Å². The van der Waals surface area contributed by atoms with Crippen molar-refractivity contribution in [3.05, 3.63) is 91.0 Å². The molecule has 5 rings (SSSR count). The minimum atomic E-state index is 0.735. The second-order valence-corrected chi connectivity index (χ2v) is 5.96. The first-order valence-electron chi connectivity index (χ1n) is 8.42. The monoisotopic (exact) mass is 337 g/mol. The highest BCUT2D eigenvalue weighted by atomic mass is 15.5. The molecule has 0 aliphatic rings. The third-order valence-electron chi connectivity index (χ3n) is 4.26. The van der Waals surface area contributed by atoms with Gasteiger partial charge >= 0.3 is 0 Å². The lowest BCUT2D eigenvalue weighted by Gasteiger charge is -2.02. The zero-order valence-corrected chi connectivity index (χ0v) is 13.9. The van der Waals surface area contributed by atoms with E-state index in [2.05, 4.69) is 0 Å². The van der Waals surface area contributed by atoms with Gasteiger partial charge < -0.3 is 0 Å². The summed E-state index contributed by atoms with van der Waals surface area (Å²) in [4.78, 5) is 1.66. The average Bonchev–Trinajstić information content (AvgIpc) is 3.29. The second-order valence-electron chi connectivity index (χ2n) is 5.96. The molecule has 0 saturated carbocycles. The van der Waals surface area contributed by atoms with Crippen molar-refractivity contribution in [3.8, 4) is 22.6 Å². The third-order valence-corrected chi connectivity index (χ3v) is 4.26. The van der Waals surface area contributed by atoms with Crippen LogP contribution in [0.5, 0.6) is 0 Å². The van der Waals surface area contributed by atoms with Crippen LogP contribution in [0.3, 0.4) is 0 Å². The Kier molecular flexibility index (Phi) is 3.35. The summed E-state index contributed by atoms with van der Waals surface area (Å²) in [6.45, 7) is 0. The number of rotatable bonds is 3. The third kappa shape index (κ3) is 2.38. The van der Waals surface area contributed by atoms with E-state index < -0.39 is 0 Å². The van der Waals surface area contributed by atoms with Gasteiger partial charge in [-0.05, 0) is 24.3 Å². The summed E-state index contributed by atoms with van der Waals surface area (Å²) < 4.78 is 1.85. The molecule has 3 aromatic carbocycles. The number of nitrogens with zero attached hydrogens (tertiary/aromatic N) is 5. The smallest absolute Gasteiger partial charge is 0.206 e. The Morgan fingerprint density at radius 1 is 0.538 bits per heavy atom. The van der Waals surface area contributed by atoms with Crippen LogP contribution in [0.4, 0.5) is 0 Å². The first-order valence-corrected chi connectivity index (χ1v) is 8.42. The highest BCUT2D eigenvalue weighted by Gasteiger charge is 2.19. The number of para-hydroxylation sites is 2. The van der Waals surface area contributed by atoms with Crippen molar-refractivity contribution in [2.24, 2.45) is 0 Å². The van der Waals surface area contributed by atoms with E-state index in [4.69, 9.17) is 15.3 Å². The van der Waals surface area contributed by atoms with Gasteiger partial charge in [-0.25, -0.2) is 4.68 Å². The fourth-order valence-electron chi connectivity index (χ4n) is 3.01. The van der Waals surface area contributed by atoms with E-state index in [0.717, 1.165) is 33.8 Å². The molecule has 0 radical (unpaired) electrons. The molecule has 0 spiro atoms. The van der Waals surface area contributed by atoms with Crippen molar-refractivity contribution in [1.29, 1.82) is 0 Å². The van der Waals surface area contributed by atoms with Crippen LogP contribution in [-0.2, 0) is 0 Å². The molecule has 0 bridgehead atoms. The van der Waals surface area contributed by atoms with Gasteiger partial charge in [-0.1, -0.05) is 66.7 Å². The van der Waals surface area contributed by atoms with Crippen molar-refractivity contribution in [2.45, 2.75) is 0 Å². The Balaban J connectivity index is 1.78. The molecule has 2 heterocycles. The molecule has 124 valence electrons. The van der Waals surface area contributed by atoms with Crippen molar-refractivity contribution in [2.75, 3.05) is 0 Å². The van der Waals surface area contributed by atoms with Crippen molar-refractivity contribution >= 4 is 11.2 Å². The molecule has 0 unspecified atom stereocenters. The van der Waals surface area contributed by atoms with Gasteiger partial charge in [0.2, 0.25) is 5.65 Å². The zero-order chi connectivity index (χ0) is 17.3. The quantitative estimate of drug-likeness (QED) is 0.494. The fourth-order valence-corrected chi connectivity index (χ4v) is 3.01. The van der Waals surface area contributed by atoms with E-state index in [1.54, 1.807) is 4.80 Å². The van der Waals surface area contributed by atoms with Crippen LogP contribution < -0.4 is 0 Å². The van der Waals surface area contributed by atoms with Crippen LogP contribution in [0.2, 0.25) is 0 Å². The van der Waals surface area contributed by atoms with Crippen molar-refractivity contribution in [3.63, 3.8) is 0 Å². The Morgan fingerprint density at radius 2 is 1.12 bits per heavy atom. The lowest BCUT2D eigenvalue weighted by molar-refractivity contribution is 0.747. The van der Waals surface area contributed by atoms with Gasteiger partial charge in [0.05, 0.1) is 11.4 Å². The van der Waals surface area contributed by atoms with Gasteiger partial charge in [0.15, 0.2) is 5.52 Å². The molecule has 26 heavy (non-hydrogen) atoms. The molecule has 5 aromatic rings. The maximum atomic E-state index is 4.80. The van der Waals surface area contributed by atoms with E-state index in [9.17, 15) is 0 Å². The Bertz CT molecular complexity index is 1090. The van der Waals surface area contributed by atoms with Gasteiger partial charge in [-0.15, -0.1) is 15.0 Å². The zero-order valence-electron chi connectivity index (χ0n) is 13.9. The van der Waals surface area contributed by atoms with Gasteiger partial charge in [-0.2, -0.15) is 5.10 Å². The molecule has 0 aliphatic heterocycles. The summed E-state index contributed by atoms with van der Waals surface area (Å²) in [5.74, 6) is 0. The first-order chi connectivity index (χ1) is 12.9. The van der Waals surface area contributed by atoms with Crippen LogP contribution in [0.15, 0.2) is 91.0 Å². The summed E-state index contributed by atoms with van der Waals surface area (Å²) >= 11 is 0. The lowest BCUT2D eigenvalue weighted by atomic mass is 10.1. The van der Waals surface area contributed by atoms with Crippen LogP contribution in [0.25, 0.3) is 33.8 Å². The predicted octanol–water partition coefficient (Wildman–Crippen LogP) is 4.27. The Morgan fingerprint density at radius 3 is 1.77 bits per heavy atom. The Labute approximate surface area is 150 Å². The number of benzene rings is 3. The van der Waals surface area contributed by atoms with Crippen molar-refractivity contribution < 1.29 is 0 Å². The van der Waals surface area contributed by atoms with E-state index in [-0.39, 0.29) is 0 Å². The highest BCUT2D eigenvalue weighted by Crippen LogP contribution is 2.28. The molecular formula is C21H15N5. The molecule has 2 aromatic heterocycles. The topological polar surface area (TPSA) is 48.5 Å². The molecule has 0 atom stereocenters. The minimum absolute atomic E-state index is 0.735. The predicted molar refractivity (Wildman–Crippen MR) is 101 cm³/mol. The fraction of sp³-hybridized carbons (Fsp3) is 0. The maximum Gasteiger partial charge on any atom is 0.206 e. The standard InChI is InChI=1S/C21H15N5/c1-4-10-16(11-5-1)19-20-21(25(22-19)17-12-6-2-7-13-17)24-26(23-20)18-14-8-3-9-15-18/h1-15H. The van der Waals surface area contributed by atoms with Crippen LogP contribution in [0.1, 0.15) is 0 Å². The average molecular weight is 337 g/mol. The molecule has 5 nitrogen and oxygen atoms in total.